The molecule has 0 spiro atoms. The minimum atomic E-state index is -2.73. The van der Waals surface area contributed by atoms with Gasteiger partial charge in [-0.25, -0.2) is 4.79 Å². The standard InChI is InChI=1S/C41H44N4O12/c1-44-26-9-6-17-10-23-20-5-3-2-4-18(20)12-24(31(23)25(26)11-17)22-13-19(46)7-8-21(22)28-14-27(47)32-29(55-28)15-30(33(48)34(32)49)56-39-37(51)41(54,16-45-40(42)43)36(50)35(57-39)38(52)53/h2-5,7-8,12-15,17,23,25-26,31,35-37,39,44,46,48-51,54H,6,9-11,16H2,1H3,(H,52,53)(H4,42,43,45). The highest BCUT2D eigenvalue weighted by Gasteiger charge is 2.58. The molecule has 10 atom stereocenters. The van der Waals surface area contributed by atoms with Crippen molar-refractivity contribution in [2.24, 2.45) is 34.2 Å². The Kier molecular flexibility index (Phi) is 9.64. The highest BCUT2D eigenvalue weighted by atomic mass is 16.7. The number of aliphatic carboxylic acids is 1. The van der Waals surface area contributed by atoms with Crippen molar-refractivity contribution in [1.29, 1.82) is 0 Å². The molecule has 0 amide bonds. The fourth-order valence-electron chi connectivity index (χ4n) is 9.60. The number of carboxylic acid groups (broad SMARTS) is 1. The summed E-state index contributed by atoms with van der Waals surface area (Å²) in [5.74, 6) is -3.62. The molecular weight excluding hydrogens is 740 g/mol. The Labute approximate surface area is 325 Å². The van der Waals surface area contributed by atoms with Crippen molar-refractivity contribution in [3.63, 3.8) is 0 Å². The number of ether oxygens (including phenoxy) is 2. The molecule has 300 valence electrons. The average Bonchev–Trinajstić information content (AvgIpc) is 3.18. The Bertz CT molecular complexity index is 2380. The van der Waals surface area contributed by atoms with E-state index in [1.807, 2.05) is 13.1 Å². The van der Waals surface area contributed by atoms with Crippen molar-refractivity contribution in [2.75, 3.05) is 13.6 Å². The van der Waals surface area contributed by atoms with Gasteiger partial charge in [0.2, 0.25) is 12.0 Å². The first-order valence-electron chi connectivity index (χ1n) is 18.7. The molecule has 4 aliphatic rings. The highest BCUT2D eigenvalue weighted by molar-refractivity contribution is 5.94. The quantitative estimate of drug-likeness (QED) is 0.0696. The highest BCUT2D eigenvalue weighted by Crippen LogP contribution is 2.58. The molecule has 16 heteroatoms. The molecule has 2 saturated carbocycles. The number of benzene rings is 3. The summed E-state index contributed by atoms with van der Waals surface area (Å²) in [5.41, 5.74) is 11.5. The van der Waals surface area contributed by atoms with Gasteiger partial charge in [-0.1, -0.05) is 30.3 Å². The molecule has 2 bridgehead atoms. The lowest BCUT2D eigenvalue weighted by molar-refractivity contribution is -0.303. The van der Waals surface area contributed by atoms with Gasteiger partial charge in [0, 0.05) is 23.7 Å². The molecular formula is C41H44N4O12. The van der Waals surface area contributed by atoms with Gasteiger partial charge in [-0.05, 0) is 96.9 Å². The van der Waals surface area contributed by atoms with E-state index in [1.54, 1.807) is 12.1 Å². The Balaban J connectivity index is 1.23. The number of allylic oxidation sites excluding steroid dienone is 1. The van der Waals surface area contributed by atoms with E-state index >= 15 is 0 Å². The first-order chi connectivity index (χ1) is 27.2. The summed E-state index contributed by atoms with van der Waals surface area (Å²) in [6.45, 7) is -0.868. The van der Waals surface area contributed by atoms with Crippen LogP contribution < -0.4 is 26.9 Å². The maximum atomic E-state index is 13.8. The van der Waals surface area contributed by atoms with Crippen molar-refractivity contribution in [3.05, 3.63) is 81.5 Å². The van der Waals surface area contributed by atoms with Crippen LogP contribution in [0.25, 0.3) is 33.9 Å². The van der Waals surface area contributed by atoms with Gasteiger partial charge in [-0.15, -0.1) is 0 Å². The van der Waals surface area contributed by atoms with E-state index in [0.29, 0.717) is 23.0 Å². The third-order valence-corrected chi connectivity index (χ3v) is 12.3. The second kappa shape index (κ2) is 14.4. The summed E-state index contributed by atoms with van der Waals surface area (Å²) in [5, 5.41) is 78.9. The Hall–Kier alpha value is -5.65. The van der Waals surface area contributed by atoms with Crippen LogP contribution in [0, 0.1) is 17.8 Å². The lowest BCUT2D eigenvalue weighted by atomic mass is 9.54. The number of aliphatic hydroxyl groups excluding tert-OH is 2. The van der Waals surface area contributed by atoms with Gasteiger partial charge in [0.25, 0.3) is 0 Å². The molecule has 2 heterocycles. The molecule has 57 heavy (non-hydrogen) atoms. The van der Waals surface area contributed by atoms with Crippen LogP contribution in [0.5, 0.6) is 23.0 Å². The van der Waals surface area contributed by atoms with Crippen molar-refractivity contribution >= 4 is 34.5 Å². The molecule has 0 radical (unpaired) electrons. The summed E-state index contributed by atoms with van der Waals surface area (Å²) in [6.07, 6.45) is -2.31. The maximum Gasteiger partial charge on any atom is 0.335 e. The largest absolute Gasteiger partial charge is 0.508 e. The smallest absolute Gasteiger partial charge is 0.335 e. The molecule has 1 aromatic heterocycles. The van der Waals surface area contributed by atoms with Crippen molar-refractivity contribution in [2.45, 2.75) is 67.8 Å². The molecule has 12 N–H and O–H groups in total. The number of phenolic OH excluding ortho intramolecular Hbond substituents is 3. The second-order valence-electron chi connectivity index (χ2n) is 15.5. The summed E-state index contributed by atoms with van der Waals surface area (Å²) in [4.78, 5) is 29.4. The Morgan fingerprint density at radius 3 is 2.51 bits per heavy atom. The van der Waals surface area contributed by atoms with Gasteiger partial charge in [0.05, 0.1) is 6.54 Å². The molecule has 1 saturated heterocycles. The van der Waals surface area contributed by atoms with E-state index in [-0.39, 0.29) is 35.0 Å². The molecule has 3 aromatic carbocycles. The zero-order valence-electron chi connectivity index (χ0n) is 30.8. The van der Waals surface area contributed by atoms with E-state index in [1.165, 1.54) is 17.7 Å². The van der Waals surface area contributed by atoms with E-state index < -0.39 is 76.7 Å². The molecule has 3 aliphatic carbocycles. The minimum absolute atomic E-state index is 0.00423. The number of carboxylic acids is 1. The van der Waals surface area contributed by atoms with E-state index in [2.05, 4.69) is 34.6 Å². The van der Waals surface area contributed by atoms with Crippen molar-refractivity contribution in [1.82, 2.24) is 5.32 Å². The molecule has 16 nitrogen and oxygen atoms in total. The molecule has 3 fully saturated rings. The SMILES string of the molecule is CNC1CCC2CC3c4ccccc4C=C(c4cc(O)ccc4-c4cc(=O)c5c(O)c(O)c(OC6OC(C(=O)O)C(O)C(O)(CN=C(N)N)C6O)cc5o4)C3C1C2. The topological polar surface area (TPSA) is 284 Å². The van der Waals surface area contributed by atoms with Gasteiger partial charge in [-0.3, -0.25) is 9.79 Å². The number of hydrogen-bond donors (Lipinski definition) is 10. The monoisotopic (exact) mass is 784 g/mol. The van der Waals surface area contributed by atoms with Gasteiger partial charge >= 0.3 is 5.97 Å². The van der Waals surface area contributed by atoms with Crippen LogP contribution >= 0.6 is 0 Å². The number of aromatic hydroxyl groups is 3. The summed E-state index contributed by atoms with van der Waals surface area (Å²) >= 11 is 0. The third kappa shape index (κ3) is 6.43. The number of fused-ring (bicyclic) bond motifs is 7. The lowest BCUT2D eigenvalue weighted by Crippen LogP contribution is -2.70. The number of carbonyl (C=O) groups is 1. The molecule has 8 rings (SSSR count). The predicted molar refractivity (Wildman–Crippen MR) is 206 cm³/mol. The van der Waals surface area contributed by atoms with Crippen LogP contribution in [-0.2, 0) is 9.53 Å². The third-order valence-electron chi connectivity index (χ3n) is 12.3. The normalized spacial score (nSPS) is 30.5. The van der Waals surface area contributed by atoms with Crippen LogP contribution in [-0.4, -0.2) is 97.5 Å². The number of aliphatic imine (C=N–C) groups is 1. The molecule has 1 aliphatic heterocycles. The summed E-state index contributed by atoms with van der Waals surface area (Å²) < 4.78 is 17.2. The minimum Gasteiger partial charge on any atom is -0.508 e. The zero-order valence-corrected chi connectivity index (χ0v) is 30.8. The first-order valence-corrected chi connectivity index (χ1v) is 18.7. The Morgan fingerprint density at radius 1 is 1.00 bits per heavy atom. The van der Waals surface area contributed by atoms with Gasteiger partial charge in [0.1, 0.15) is 40.3 Å². The number of aliphatic hydroxyl groups is 3. The summed E-state index contributed by atoms with van der Waals surface area (Å²) in [7, 11) is 1.99. The fraction of sp³-hybridized carbons (Fsp3) is 0.390. The zero-order chi connectivity index (χ0) is 40.5. The average molecular weight is 785 g/mol. The van der Waals surface area contributed by atoms with Gasteiger partial charge in [0.15, 0.2) is 29.0 Å². The van der Waals surface area contributed by atoms with Gasteiger partial charge < -0.3 is 66.4 Å². The van der Waals surface area contributed by atoms with Crippen LogP contribution in [0.1, 0.15) is 48.3 Å². The number of phenols is 3. The first kappa shape index (κ1) is 38.2. The number of nitrogens with zero attached hydrogens (tertiary/aromatic N) is 1. The van der Waals surface area contributed by atoms with Crippen molar-refractivity contribution in [3.8, 4) is 34.3 Å². The Morgan fingerprint density at radius 2 is 1.77 bits per heavy atom. The van der Waals surface area contributed by atoms with E-state index in [4.69, 9.17) is 25.4 Å². The summed E-state index contributed by atoms with van der Waals surface area (Å²) in [6, 6.07) is 15.6. The molecule has 4 aromatic rings. The number of guanidine groups is 1. The predicted octanol–water partition coefficient (Wildman–Crippen LogP) is 2.15. The number of hydrogen-bond acceptors (Lipinski definition) is 13. The van der Waals surface area contributed by atoms with Gasteiger partial charge in [-0.2, -0.15) is 0 Å². The number of nitrogens with one attached hydrogen (secondary N) is 1. The van der Waals surface area contributed by atoms with Crippen LogP contribution in [0.2, 0.25) is 0 Å². The lowest BCUT2D eigenvalue weighted by Gasteiger charge is -2.52. The number of rotatable bonds is 8. The van der Waals surface area contributed by atoms with E-state index in [0.717, 1.165) is 42.9 Å². The number of nitrogens with two attached hydrogens (primary N) is 2. The van der Waals surface area contributed by atoms with Crippen molar-refractivity contribution < 1.29 is 54.4 Å². The van der Waals surface area contributed by atoms with Crippen LogP contribution in [0.3, 0.4) is 0 Å². The maximum absolute atomic E-state index is 13.8. The van der Waals surface area contributed by atoms with Crippen LogP contribution in [0.4, 0.5) is 0 Å². The van der Waals surface area contributed by atoms with E-state index in [9.17, 15) is 45.3 Å². The fourth-order valence-corrected chi connectivity index (χ4v) is 9.60. The molecule has 10 unspecified atom stereocenters. The second-order valence-corrected chi connectivity index (χ2v) is 15.5. The van der Waals surface area contributed by atoms with Crippen LogP contribution in [0.15, 0.2) is 68.8 Å².